The Hall–Kier alpha value is -0.160. The lowest BCUT2D eigenvalue weighted by Crippen LogP contribution is -2.48. The summed E-state index contributed by atoms with van der Waals surface area (Å²) in [5, 5.41) is 13.1. The highest BCUT2D eigenvalue weighted by Gasteiger charge is 2.39. The minimum absolute atomic E-state index is 0.278. The van der Waals surface area contributed by atoms with Crippen molar-refractivity contribution in [2.45, 2.75) is 57.0 Å². The predicted molar refractivity (Wildman–Crippen MR) is 79.8 cm³/mol. The second-order valence-corrected chi connectivity index (χ2v) is 7.09. The summed E-state index contributed by atoms with van der Waals surface area (Å²) in [7, 11) is 0. The van der Waals surface area contributed by atoms with Crippen LogP contribution in [0.15, 0.2) is 0 Å². The topological polar surface area (TPSA) is 44.7 Å². The van der Waals surface area contributed by atoms with E-state index in [0.717, 1.165) is 38.9 Å². The smallest absolute Gasteiger partial charge is 0.0558 e. The molecule has 4 nitrogen and oxygen atoms in total. The Labute approximate surface area is 122 Å². The number of aliphatic hydroxyl groups is 1. The van der Waals surface area contributed by atoms with E-state index in [1.165, 1.54) is 44.9 Å². The van der Waals surface area contributed by atoms with Crippen LogP contribution in [0.25, 0.3) is 0 Å². The summed E-state index contributed by atoms with van der Waals surface area (Å²) in [6.07, 6.45) is 9.20. The van der Waals surface area contributed by atoms with Crippen molar-refractivity contribution in [3.8, 4) is 0 Å². The Morgan fingerprint density at radius 2 is 2.00 bits per heavy atom. The van der Waals surface area contributed by atoms with Crippen molar-refractivity contribution in [1.29, 1.82) is 0 Å². The number of hydrogen-bond acceptors (Lipinski definition) is 4. The highest BCUT2D eigenvalue weighted by molar-refractivity contribution is 4.93. The van der Waals surface area contributed by atoms with Gasteiger partial charge in [-0.15, -0.1) is 0 Å². The molecule has 2 N–H and O–H groups in total. The zero-order chi connectivity index (χ0) is 13.8. The molecule has 0 radical (unpaired) electrons. The summed E-state index contributed by atoms with van der Waals surface area (Å²) in [5.41, 5.74) is 0.278. The maximum atomic E-state index is 9.39. The quantitative estimate of drug-likeness (QED) is 0.706. The van der Waals surface area contributed by atoms with Crippen LogP contribution in [0.2, 0.25) is 0 Å². The average molecular weight is 282 g/mol. The average Bonchev–Trinajstić information content (AvgIpc) is 2.93. The van der Waals surface area contributed by atoms with Crippen molar-refractivity contribution in [3.63, 3.8) is 0 Å². The SMILES string of the molecule is OCCN(CC1(CNC2CC2)CCOC1)C1CCCC1. The minimum Gasteiger partial charge on any atom is -0.395 e. The molecule has 2 saturated carbocycles. The molecule has 0 spiro atoms. The van der Waals surface area contributed by atoms with Gasteiger partial charge in [-0.05, 0) is 32.1 Å². The maximum absolute atomic E-state index is 9.39. The van der Waals surface area contributed by atoms with Crippen LogP contribution >= 0.6 is 0 Å². The van der Waals surface area contributed by atoms with Crippen molar-refractivity contribution < 1.29 is 9.84 Å². The molecule has 0 aromatic carbocycles. The largest absolute Gasteiger partial charge is 0.395 e. The Kier molecular flexibility index (Phi) is 4.97. The van der Waals surface area contributed by atoms with Gasteiger partial charge in [0.1, 0.15) is 0 Å². The molecule has 3 fully saturated rings. The van der Waals surface area contributed by atoms with Crippen molar-refractivity contribution in [3.05, 3.63) is 0 Å². The van der Waals surface area contributed by atoms with E-state index < -0.39 is 0 Å². The fraction of sp³-hybridized carbons (Fsp3) is 1.00. The zero-order valence-electron chi connectivity index (χ0n) is 12.6. The van der Waals surface area contributed by atoms with E-state index in [2.05, 4.69) is 10.2 Å². The van der Waals surface area contributed by atoms with Gasteiger partial charge < -0.3 is 15.2 Å². The standard InChI is InChI=1S/C16H30N2O2/c19-9-8-18(15-3-1-2-4-15)12-16(7-10-20-13-16)11-17-14-5-6-14/h14-15,17,19H,1-13H2. The maximum Gasteiger partial charge on any atom is 0.0558 e. The van der Waals surface area contributed by atoms with Gasteiger partial charge in [0.2, 0.25) is 0 Å². The predicted octanol–water partition coefficient (Wildman–Crippen LogP) is 1.38. The lowest BCUT2D eigenvalue weighted by atomic mass is 9.85. The van der Waals surface area contributed by atoms with E-state index >= 15 is 0 Å². The van der Waals surface area contributed by atoms with Crippen LogP contribution in [0.1, 0.15) is 44.9 Å². The molecule has 2 aliphatic carbocycles. The molecular weight excluding hydrogens is 252 g/mol. The van der Waals surface area contributed by atoms with E-state index in [1.54, 1.807) is 0 Å². The Morgan fingerprint density at radius 1 is 1.20 bits per heavy atom. The fourth-order valence-corrected chi connectivity index (χ4v) is 3.84. The summed E-state index contributed by atoms with van der Waals surface area (Å²) >= 11 is 0. The second-order valence-electron chi connectivity index (χ2n) is 7.09. The molecule has 0 amide bonds. The Balaban J connectivity index is 1.59. The highest BCUT2D eigenvalue weighted by Crippen LogP contribution is 2.33. The second kappa shape index (κ2) is 6.73. The summed E-state index contributed by atoms with van der Waals surface area (Å²) in [6.45, 7) is 5.09. The molecule has 1 unspecified atom stereocenters. The first-order valence-corrected chi connectivity index (χ1v) is 8.47. The summed E-state index contributed by atoms with van der Waals surface area (Å²) in [4.78, 5) is 2.55. The van der Waals surface area contributed by atoms with Crippen LogP contribution < -0.4 is 5.32 Å². The summed E-state index contributed by atoms with van der Waals surface area (Å²) in [5.74, 6) is 0. The van der Waals surface area contributed by atoms with Gasteiger partial charge in [0, 0.05) is 43.7 Å². The molecule has 20 heavy (non-hydrogen) atoms. The summed E-state index contributed by atoms with van der Waals surface area (Å²) < 4.78 is 5.73. The van der Waals surface area contributed by atoms with E-state index in [9.17, 15) is 5.11 Å². The first kappa shape index (κ1) is 14.8. The van der Waals surface area contributed by atoms with Crippen LogP contribution in [0.3, 0.4) is 0 Å². The molecule has 1 heterocycles. The van der Waals surface area contributed by atoms with Gasteiger partial charge in [0.15, 0.2) is 0 Å². The van der Waals surface area contributed by atoms with Crippen LogP contribution in [-0.2, 0) is 4.74 Å². The fourth-order valence-electron chi connectivity index (χ4n) is 3.84. The molecule has 0 bridgehead atoms. The molecule has 3 aliphatic rings. The van der Waals surface area contributed by atoms with Crippen molar-refractivity contribution in [2.75, 3.05) is 39.5 Å². The van der Waals surface area contributed by atoms with Gasteiger partial charge in [0.05, 0.1) is 13.2 Å². The third kappa shape index (κ3) is 3.73. The van der Waals surface area contributed by atoms with Gasteiger partial charge in [-0.25, -0.2) is 0 Å². The molecule has 3 rings (SSSR count). The first-order valence-electron chi connectivity index (χ1n) is 8.47. The van der Waals surface area contributed by atoms with Crippen molar-refractivity contribution >= 4 is 0 Å². The number of nitrogens with one attached hydrogen (secondary N) is 1. The molecular formula is C16H30N2O2. The molecule has 0 aromatic heterocycles. The van der Waals surface area contributed by atoms with E-state index in [4.69, 9.17) is 4.74 Å². The van der Waals surface area contributed by atoms with Crippen LogP contribution in [-0.4, -0.2) is 61.5 Å². The Bertz CT molecular complexity index is 295. The lowest BCUT2D eigenvalue weighted by molar-refractivity contribution is 0.0723. The van der Waals surface area contributed by atoms with Gasteiger partial charge in [-0.2, -0.15) is 0 Å². The van der Waals surface area contributed by atoms with Crippen LogP contribution in [0, 0.1) is 5.41 Å². The number of nitrogens with zero attached hydrogens (tertiary/aromatic N) is 1. The Morgan fingerprint density at radius 3 is 2.60 bits per heavy atom. The van der Waals surface area contributed by atoms with Crippen LogP contribution in [0.5, 0.6) is 0 Å². The van der Waals surface area contributed by atoms with Crippen molar-refractivity contribution in [2.24, 2.45) is 5.41 Å². The van der Waals surface area contributed by atoms with Gasteiger partial charge in [-0.1, -0.05) is 12.8 Å². The number of rotatable bonds is 8. The number of ether oxygens (including phenoxy) is 1. The number of aliphatic hydroxyl groups excluding tert-OH is 1. The molecule has 116 valence electrons. The molecule has 1 saturated heterocycles. The van der Waals surface area contributed by atoms with Crippen molar-refractivity contribution in [1.82, 2.24) is 10.2 Å². The van der Waals surface area contributed by atoms with Gasteiger partial charge in [-0.3, -0.25) is 4.90 Å². The third-order valence-corrected chi connectivity index (χ3v) is 5.29. The third-order valence-electron chi connectivity index (χ3n) is 5.29. The van der Waals surface area contributed by atoms with Gasteiger partial charge in [0.25, 0.3) is 0 Å². The van der Waals surface area contributed by atoms with Crippen LogP contribution in [0.4, 0.5) is 0 Å². The molecule has 1 atom stereocenters. The zero-order valence-corrected chi connectivity index (χ0v) is 12.6. The first-order chi connectivity index (χ1) is 9.81. The molecule has 1 aliphatic heterocycles. The minimum atomic E-state index is 0.278. The lowest BCUT2D eigenvalue weighted by Gasteiger charge is -2.37. The van der Waals surface area contributed by atoms with E-state index in [-0.39, 0.29) is 12.0 Å². The molecule has 0 aromatic rings. The normalized spacial score (nSPS) is 31.5. The van der Waals surface area contributed by atoms with E-state index in [0.29, 0.717) is 6.04 Å². The highest BCUT2D eigenvalue weighted by atomic mass is 16.5. The molecule has 4 heteroatoms. The monoisotopic (exact) mass is 282 g/mol. The van der Waals surface area contributed by atoms with Gasteiger partial charge >= 0.3 is 0 Å². The van der Waals surface area contributed by atoms with E-state index in [1.807, 2.05) is 0 Å². The number of hydrogen-bond donors (Lipinski definition) is 2. The summed E-state index contributed by atoms with van der Waals surface area (Å²) in [6, 6.07) is 1.46.